The predicted octanol–water partition coefficient (Wildman–Crippen LogP) is 4.13. The molecule has 2 heterocycles. The zero-order valence-electron chi connectivity index (χ0n) is 29.0. The van der Waals surface area contributed by atoms with E-state index in [1.807, 2.05) is 30.0 Å². The Morgan fingerprint density at radius 2 is 1.33 bits per heavy atom. The molecular formula is C30H62KN4O2P2+. The van der Waals surface area contributed by atoms with E-state index in [1.165, 1.54) is 6.29 Å². The summed E-state index contributed by atoms with van der Waals surface area (Å²) >= 11 is 0. The standard InChI is InChI=1S/C13H26N2OP.C13H27N2P.C4H9O.K/c1-12(2,3)15-9-8-14(10-15)11-17(7,16)13(4,5)6;1-12(2,3)15-9-8-14(10-15)11-16(7)13(4,5)6;1-4(2,3)5;/h8-10H,11H2,1-7H3;8-9H,10-11H2,1-7H3;1-3H3;/q+1;;-1;+1/t17-;;;/m1.../s1. The van der Waals surface area contributed by atoms with Crippen LogP contribution in [0.3, 0.4) is 0 Å². The van der Waals surface area contributed by atoms with Gasteiger partial charge in [0.05, 0.1) is 6.67 Å². The number of aromatic nitrogens is 2. The fraction of sp³-hybridized carbons (Fsp3) is 0.833. The van der Waals surface area contributed by atoms with Crippen molar-refractivity contribution in [3.05, 3.63) is 31.1 Å². The third-order valence-electron chi connectivity index (χ3n) is 6.51. The predicted molar refractivity (Wildman–Crippen MR) is 168 cm³/mol. The molecule has 9 heteroatoms. The topological polar surface area (TPSA) is 55.4 Å². The van der Waals surface area contributed by atoms with E-state index in [1.54, 1.807) is 20.8 Å². The Balaban J connectivity index is 0. The summed E-state index contributed by atoms with van der Waals surface area (Å²) in [6, 6.07) is 0. The Morgan fingerprint density at radius 3 is 1.64 bits per heavy atom. The normalized spacial score (nSPS) is 16.9. The maximum atomic E-state index is 12.6. The smallest absolute Gasteiger partial charge is 0.850 e. The van der Waals surface area contributed by atoms with Gasteiger partial charge in [-0.05, 0) is 60.0 Å². The Morgan fingerprint density at radius 1 is 0.872 bits per heavy atom. The molecule has 0 spiro atoms. The van der Waals surface area contributed by atoms with Gasteiger partial charge in [-0.3, -0.25) is 0 Å². The molecular weight excluding hydrogens is 549 g/mol. The van der Waals surface area contributed by atoms with Gasteiger partial charge in [0.25, 0.3) is 0 Å². The van der Waals surface area contributed by atoms with Gasteiger partial charge < -0.3 is 19.5 Å². The number of hydrogen-bond acceptors (Lipinski definition) is 4. The van der Waals surface area contributed by atoms with Crippen LogP contribution in [0.4, 0.5) is 0 Å². The molecule has 0 radical (unpaired) electrons. The van der Waals surface area contributed by atoms with Gasteiger partial charge in [-0.25, -0.2) is 9.13 Å². The summed E-state index contributed by atoms with van der Waals surface area (Å²) in [4.78, 5) is 4.85. The third kappa shape index (κ3) is 17.5. The number of nitrogens with zero attached hydrogens (tertiary/aromatic N) is 4. The van der Waals surface area contributed by atoms with E-state index in [0.717, 1.165) is 6.67 Å². The van der Waals surface area contributed by atoms with E-state index in [9.17, 15) is 9.67 Å². The summed E-state index contributed by atoms with van der Waals surface area (Å²) in [6.07, 6.45) is 12.4. The fourth-order valence-corrected chi connectivity index (χ4v) is 5.24. The number of hydrogen-bond donors (Lipinski definition) is 0. The van der Waals surface area contributed by atoms with Gasteiger partial charge in [0, 0.05) is 29.4 Å². The van der Waals surface area contributed by atoms with Crippen LogP contribution < -0.4 is 61.1 Å². The minimum atomic E-state index is -2.19. The van der Waals surface area contributed by atoms with Crippen molar-refractivity contribution in [3.63, 3.8) is 0 Å². The van der Waals surface area contributed by atoms with E-state index in [-0.39, 0.29) is 75.5 Å². The Hall–Kier alpha value is 0.806. The van der Waals surface area contributed by atoms with E-state index in [0.29, 0.717) is 11.4 Å². The summed E-state index contributed by atoms with van der Waals surface area (Å²) in [6.45, 7) is 36.7. The quantitative estimate of drug-likeness (QED) is 0.292. The van der Waals surface area contributed by atoms with Gasteiger partial charge in [0.2, 0.25) is 6.33 Å². The van der Waals surface area contributed by atoms with Crippen molar-refractivity contribution in [2.75, 3.05) is 26.3 Å². The van der Waals surface area contributed by atoms with Crippen molar-refractivity contribution < 1.29 is 65.6 Å². The fourth-order valence-electron chi connectivity index (χ4n) is 2.88. The van der Waals surface area contributed by atoms with E-state index < -0.39 is 12.7 Å². The maximum absolute atomic E-state index is 12.6. The monoisotopic (exact) mass is 611 g/mol. The largest absolute Gasteiger partial charge is 1.00 e. The zero-order chi connectivity index (χ0) is 30.5. The van der Waals surface area contributed by atoms with Gasteiger partial charge in [0.1, 0.15) is 31.4 Å². The van der Waals surface area contributed by atoms with Gasteiger partial charge in [-0.2, -0.15) is 0 Å². The van der Waals surface area contributed by atoms with Gasteiger partial charge in [-0.1, -0.05) is 70.2 Å². The van der Waals surface area contributed by atoms with Crippen molar-refractivity contribution in [2.24, 2.45) is 0 Å². The minimum Gasteiger partial charge on any atom is -0.850 e. The van der Waals surface area contributed by atoms with Crippen LogP contribution in [0.1, 0.15) is 104 Å². The molecule has 1 unspecified atom stereocenters. The number of rotatable bonds is 4. The molecule has 1 aliphatic heterocycles. The summed E-state index contributed by atoms with van der Waals surface area (Å²) in [5.41, 5.74) is -0.436. The molecule has 39 heavy (non-hydrogen) atoms. The van der Waals surface area contributed by atoms with E-state index >= 15 is 0 Å². The molecule has 0 fully saturated rings. The molecule has 0 N–H and O–H groups in total. The molecule has 0 saturated heterocycles. The molecule has 2 rings (SSSR count). The molecule has 0 aromatic carbocycles. The van der Waals surface area contributed by atoms with Crippen molar-refractivity contribution in [2.45, 2.75) is 137 Å². The molecule has 0 amide bonds. The Labute approximate surface area is 286 Å². The zero-order valence-corrected chi connectivity index (χ0v) is 33.9. The van der Waals surface area contributed by atoms with Gasteiger partial charge >= 0.3 is 51.4 Å². The molecule has 2 atom stereocenters. The molecule has 0 saturated carbocycles. The molecule has 1 aromatic rings. The van der Waals surface area contributed by atoms with E-state index in [2.05, 4.69) is 117 Å². The summed E-state index contributed by atoms with van der Waals surface area (Å²) < 4.78 is 16.8. The molecule has 224 valence electrons. The van der Waals surface area contributed by atoms with Gasteiger partial charge in [0.15, 0.2) is 0 Å². The molecule has 6 nitrogen and oxygen atoms in total. The van der Waals surface area contributed by atoms with Crippen LogP contribution in [0.2, 0.25) is 0 Å². The Bertz CT molecular complexity index is 921. The van der Waals surface area contributed by atoms with Crippen LogP contribution in [0, 0.1) is 0 Å². The van der Waals surface area contributed by atoms with Gasteiger partial charge in [-0.15, -0.1) is 5.60 Å². The molecule has 1 aliphatic rings. The third-order valence-corrected chi connectivity index (χ3v) is 13.3. The van der Waals surface area contributed by atoms with Crippen molar-refractivity contribution in [1.82, 2.24) is 14.4 Å². The number of imidazole rings is 1. The second kappa shape index (κ2) is 15.5. The average molecular weight is 612 g/mol. The molecule has 1 aromatic heterocycles. The van der Waals surface area contributed by atoms with Crippen LogP contribution in [-0.4, -0.2) is 62.1 Å². The summed E-state index contributed by atoms with van der Waals surface area (Å²) in [7, 11) is -2.13. The minimum absolute atomic E-state index is 0. The first kappa shape index (κ1) is 41.9. The van der Waals surface area contributed by atoms with E-state index in [4.69, 9.17) is 0 Å². The van der Waals surface area contributed by atoms with Crippen LogP contribution in [0.5, 0.6) is 0 Å². The maximum Gasteiger partial charge on any atom is 1.00 e. The van der Waals surface area contributed by atoms with Crippen LogP contribution in [-0.2, 0) is 16.4 Å². The second-order valence-corrected chi connectivity index (χ2v) is 22.6. The Kier molecular flexibility index (Phi) is 16.7. The van der Waals surface area contributed by atoms with Crippen molar-refractivity contribution >= 4 is 15.1 Å². The molecule has 0 aliphatic carbocycles. The summed E-state index contributed by atoms with van der Waals surface area (Å²) in [5.74, 6) is 0. The summed E-state index contributed by atoms with van der Waals surface area (Å²) in [5, 5.41) is 10.4. The SMILES string of the molecule is CC(C)(C)[O-].CC(C)(C)n1cc[n+](C[P@@](C)(=O)C(C)(C)C)c1.CP(CN1C=CN(C(C)(C)C)C1)C(C)(C)C.[K+]. The van der Waals surface area contributed by atoms with Crippen molar-refractivity contribution in [1.29, 1.82) is 0 Å². The second-order valence-electron chi connectivity index (χ2n) is 15.7. The van der Waals surface area contributed by atoms with Crippen LogP contribution >= 0.6 is 15.1 Å². The van der Waals surface area contributed by atoms with Crippen LogP contribution in [0.15, 0.2) is 31.1 Å². The van der Waals surface area contributed by atoms with Crippen LogP contribution in [0.25, 0.3) is 0 Å². The van der Waals surface area contributed by atoms with Crippen molar-refractivity contribution in [3.8, 4) is 0 Å². The molecule has 0 bridgehead atoms. The first-order valence-electron chi connectivity index (χ1n) is 13.8. The first-order chi connectivity index (χ1) is 16.5. The average Bonchev–Trinajstić information content (AvgIpc) is 3.27. The first-order valence-corrected chi connectivity index (χ1v) is 18.1.